The van der Waals surface area contributed by atoms with Crippen molar-refractivity contribution in [2.45, 2.75) is 20.3 Å². The molecule has 4 aromatic rings. The number of benzene rings is 2. The zero-order valence-electron chi connectivity index (χ0n) is 18.4. The van der Waals surface area contributed by atoms with Crippen LogP contribution in [-0.2, 0) is 6.42 Å². The van der Waals surface area contributed by atoms with Crippen LogP contribution in [0.15, 0.2) is 52.1 Å². The van der Waals surface area contributed by atoms with Gasteiger partial charge in [0.25, 0.3) is 11.1 Å². The zero-order chi connectivity index (χ0) is 23.5. The molecule has 0 radical (unpaired) electrons. The first kappa shape index (κ1) is 22.9. The summed E-state index contributed by atoms with van der Waals surface area (Å²) < 4.78 is 12.8. The monoisotopic (exact) mass is 483 g/mol. The smallest absolute Gasteiger partial charge is 0.296 e. The molecule has 0 spiro atoms. The first-order chi connectivity index (χ1) is 15.8. The lowest BCUT2D eigenvalue weighted by molar-refractivity contribution is 0.257. The van der Waals surface area contributed by atoms with E-state index in [9.17, 15) is 9.59 Å². The van der Waals surface area contributed by atoms with Crippen LogP contribution >= 0.6 is 22.9 Å². The lowest BCUT2D eigenvalue weighted by Crippen LogP contribution is -2.28. The predicted molar refractivity (Wildman–Crippen MR) is 130 cm³/mol. The topological polar surface area (TPSA) is 82.8 Å². The van der Waals surface area contributed by atoms with Crippen LogP contribution < -0.4 is 25.1 Å². The minimum Gasteiger partial charge on any atom is -0.493 e. The van der Waals surface area contributed by atoms with E-state index in [-0.39, 0.29) is 22.6 Å². The zero-order valence-corrected chi connectivity index (χ0v) is 19.9. The Morgan fingerprint density at radius 3 is 2.58 bits per heavy atom. The molecule has 2 heterocycles. The highest BCUT2D eigenvalue weighted by molar-refractivity contribution is 7.15. The van der Waals surface area contributed by atoms with Crippen LogP contribution in [0.5, 0.6) is 11.5 Å². The number of methoxy groups -OCH3 is 1. The summed E-state index contributed by atoms with van der Waals surface area (Å²) in [5.74, 6) is 1.60. The Morgan fingerprint density at radius 1 is 1.12 bits per heavy atom. The lowest BCUT2D eigenvalue weighted by atomic mass is 10.1. The van der Waals surface area contributed by atoms with Crippen molar-refractivity contribution in [2.24, 2.45) is 5.92 Å². The standard InChI is InChI=1S/C24H22ClN3O4S/c1-14(2)13-32-19-9-6-16(11-20(19)31-3)12-21-23(30)28-24(33-21)26-22(29)18(27-28)10-15-4-7-17(25)8-5-15/h4-9,11-12,14H,10,13H2,1-3H3. The highest BCUT2D eigenvalue weighted by Gasteiger charge is 2.12. The average molecular weight is 484 g/mol. The van der Waals surface area contributed by atoms with E-state index >= 15 is 0 Å². The third-order valence-corrected chi connectivity index (χ3v) is 6.00. The highest BCUT2D eigenvalue weighted by Crippen LogP contribution is 2.28. The van der Waals surface area contributed by atoms with Gasteiger partial charge in [0.1, 0.15) is 5.69 Å². The summed E-state index contributed by atoms with van der Waals surface area (Å²) in [5.41, 5.74) is 1.03. The van der Waals surface area contributed by atoms with Crippen LogP contribution in [0.1, 0.15) is 30.7 Å². The summed E-state index contributed by atoms with van der Waals surface area (Å²) in [6.07, 6.45) is 1.98. The van der Waals surface area contributed by atoms with Crippen molar-refractivity contribution < 1.29 is 9.47 Å². The Morgan fingerprint density at radius 2 is 1.88 bits per heavy atom. The molecule has 0 N–H and O–H groups in total. The minimum atomic E-state index is -0.453. The van der Waals surface area contributed by atoms with Crippen molar-refractivity contribution in [3.8, 4) is 11.5 Å². The number of rotatable bonds is 7. The summed E-state index contributed by atoms with van der Waals surface area (Å²) in [6, 6.07) is 12.6. The van der Waals surface area contributed by atoms with Crippen LogP contribution in [0, 0.1) is 5.92 Å². The van der Waals surface area contributed by atoms with Gasteiger partial charge in [0.2, 0.25) is 4.96 Å². The van der Waals surface area contributed by atoms with E-state index in [4.69, 9.17) is 21.1 Å². The van der Waals surface area contributed by atoms with Gasteiger partial charge in [0, 0.05) is 11.4 Å². The second kappa shape index (κ2) is 9.72. The number of hydrogen-bond donors (Lipinski definition) is 0. The van der Waals surface area contributed by atoms with Gasteiger partial charge in [-0.05, 0) is 47.4 Å². The number of ether oxygens (including phenoxy) is 2. The van der Waals surface area contributed by atoms with Crippen molar-refractivity contribution >= 4 is 34.0 Å². The van der Waals surface area contributed by atoms with Gasteiger partial charge in [-0.1, -0.05) is 55.0 Å². The molecule has 0 saturated carbocycles. The van der Waals surface area contributed by atoms with E-state index in [1.165, 1.54) is 4.52 Å². The summed E-state index contributed by atoms with van der Waals surface area (Å²) in [6.45, 7) is 4.71. The second-order valence-corrected chi connectivity index (χ2v) is 9.34. The first-order valence-corrected chi connectivity index (χ1v) is 11.5. The molecular weight excluding hydrogens is 462 g/mol. The van der Waals surface area contributed by atoms with Crippen molar-refractivity contribution in [3.05, 3.63) is 89.5 Å². The minimum absolute atomic E-state index is 0.199. The Bertz CT molecular complexity index is 1460. The van der Waals surface area contributed by atoms with Gasteiger partial charge in [-0.15, -0.1) is 0 Å². The Labute approximate surface area is 198 Å². The van der Waals surface area contributed by atoms with Crippen LogP contribution in [0.3, 0.4) is 0 Å². The van der Waals surface area contributed by atoms with Crippen molar-refractivity contribution in [1.29, 1.82) is 0 Å². The molecule has 0 unspecified atom stereocenters. The van der Waals surface area contributed by atoms with E-state index in [0.717, 1.165) is 22.5 Å². The maximum atomic E-state index is 13.0. The van der Waals surface area contributed by atoms with Gasteiger partial charge in [0.15, 0.2) is 11.5 Å². The van der Waals surface area contributed by atoms with Gasteiger partial charge in [-0.25, -0.2) is 0 Å². The molecule has 0 fully saturated rings. The molecule has 0 bridgehead atoms. The summed E-state index contributed by atoms with van der Waals surface area (Å²) in [7, 11) is 1.57. The molecule has 170 valence electrons. The highest BCUT2D eigenvalue weighted by atomic mass is 35.5. The number of nitrogens with zero attached hydrogens (tertiary/aromatic N) is 3. The molecule has 0 aliphatic carbocycles. The molecule has 2 aromatic carbocycles. The van der Waals surface area contributed by atoms with Crippen molar-refractivity contribution in [1.82, 2.24) is 14.6 Å². The van der Waals surface area contributed by atoms with Crippen LogP contribution in [0.4, 0.5) is 0 Å². The fourth-order valence-corrected chi connectivity index (χ4v) is 4.18. The maximum Gasteiger partial charge on any atom is 0.296 e. The van der Waals surface area contributed by atoms with Crippen molar-refractivity contribution in [2.75, 3.05) is 13.7 Å². The molecule has 4 rings (SSSR count). The average Bonchev–Trinajstić information content (AvgIpc) is 3.08. The van der Waals surface area contributed by atoms with E-state index in [1.807, 2.05) is 24.3 Å². The largest absolute Gasteiger partial charge is 0.493 e. The van der Waals surface area contributed by atoms with E-state index in [0.29, 0.717) is 33.6 Å². The summed E-state index contributed by atoms with van der Waals surface area (Å²) in [4.78, 5) is 29.7. The fourth-order valence-electron chi connectivity index (χ4n) is 3.15. The third-order valence-electron chi connectivity index (χ3n) is 4.79. The van der Waals surface area contributed by atoms with Crippen LogP contribution in [0.25, 0.3) is 11.0 Å². The molecule has 33 heavy (non-hydrogen) atoms. The SMILES string of the molecule is COc1cc(C=c2sc3nc(=O)c(Cc4ccc(Cl)cc4)nn3c2=O)ccc1OCC(C)C. The summed E-state index contributed by atoms with van der Waals surface area (Å²) >= 11 is 7.03. The van der Waals surface area contributed by atoms with Gasteiger partial charge in [-0.2, -0.15) is 14.6 Å². The normalized spacial score (nSPS) is 12.0. The van der Waals surface area contributed by atoms with Crippen molar-refractivity contribution in [3.63, 3.8) is 0 Å². The molecule has 0 saturated heterocycles. The van der Waals surface area contributed by atoms with Gasteiger partial charge in [-0.3, -0.25) is 9.59 Å². The summed E-state index contributed by atoms with van der Waals surface area (Å²) in [5, 5.41) is 4.89. The molecular formula is C24H22ClN3O4S. The quantitative estimate of drug-likeness (QED) is 0.401. The number of halogens is 1. The molecule has 0 aliphatic heterocycles. The lowest BCUT2D eigenvalue weighted by Gasteiger charge is -2.12. The molecule has 0 atom stereocenters. The van der Waals surface area contributed by atoms with Gasteiger partial charge < -0.3 is 9.47 Å². The first-order valence-electron chi connectivity index (χ1n) is 10.3. The number of hydrogen-bond acceptors (Lipinski definition) is 7. The van der Waals surface area contributed by atoms with E-state index in [1.54, 1.807) is 31.4 Å². The van der Waals surface area contributed by atoms with Crippen LogP contribution in [0.2, 0.25) is 5.02 Å². The molecule has 9 heteroatoms. The number of aromatic nitrogens is 3. The maximum absolute atomic E-state index is 13.0. The van der Waals surface area contributed by atoms with E-state index in [2.05, 4.69) is 23.9 Å². The molecule has 2 aromatic heterocycles. The fraction of sp³-hybridized carbons (Fsp3) is 0.250. The predicted octanol–water partition coefficient (Wildman–Crippen LogP) is 3.35. The van der Waals surface area contributed by atoms with E-state index < -0.39 is 5.56 Å². The number of fused-ring (bicyclic) bond motifs is 1. The Balaban J connectivity index is 1.70. The third kappa shape index (κ3) is 5.23. The number of thiazole rings is 1. The second-order valence-electron chi connectivity index (χ2n) is 7.89. The molecule has 7 nitrogen and oxygen atoms in total. The molecule has 0 aliphatic rings. The van der Waals surface area contributed by atoms with Gasteiger partial charge in [0.05, 0.1) is 18.2 Å². The Hall–Kier alpha value is -3.23. The van der Waals surface area contributed by atoms with Crippen LogP contribution in [-0.4, -0.2) is 28.3 Å². The Kier molecular flexibility index (Phi) is 6.76. The van der Waals surface area contributed by atoms with Gasteiger partial charge >= 0.3 is 0 Å². The molecule has 0 amide bonds.